The fourth-order valence-electron chi connectivity index (χ4n) is 11.7. The number of benzene rings is 9. The molecule has 1 radical (unpaired) electrons. The maximum atomic E-state index is 9.84. The lowest BCUT2D eigenvalue weighted by Crippen LogP contribution is -2.37. The minimum absolute atomic E-state index is 0.00321. The van der Waals surface area contributed by atoms with E-state index < -0.39 is 21.4 Å². The van der Waals surface area contributed by atoms with Gasteiger partial charge in [-0.2, -0.15) is 9.97 Å². The largest absolute Gasteiger partial charge is 0.571 e. The predicted molar refractivity (Wildman–Crippen MR) is 389 cm³/mol. The van der Waals surface area contributed by atoms with Gasteiger partial charge in [0, 0.05) is 55.4 Å². The van der Waals surface area contributed by atoms with Gasteiger partial charge in [0.1, 0.15) is 10.5 Å². The molecule has 483 valence electrons. The molecule has 7 heterocycles. The summed E-state index contributed by atoms with van der Waals surface area (Å²) in [5.74, 6) is 0.766. The van der Waals surface area contributed by atoms with Crippen molar-refractivity contribution < 1.29 is 44.2 Å². The van der Waals surface area contributed by atoms with Gasteiger partial charge in [0.2, 0.25) is 0 Å². The van der Waals surface area contributed by atoms with E-state index in [1.165, 1.54) is 6.39 Å². The molecule has 0 saturated carbocycles. The summed E-state index contributed by atoms with van der Waals surface area (Å²) in [6.45, 7) is 4.17. The summed E-state index contributed by atoms with van der Waals surface area (Å²) in [6, 6.07) is 77.8. The fraction of sp³-hybridized carbons (Fsp3) is 0.0405. The average Bonchev–Trinajstić information content (AvgIpc) is 1.59. The average molecular weight is 1330 g/mol. The highest BCUT2D eigenvalue weighted by molar-refractivity contribution is 7.21. The van der Waals surface area contributed by atoms with Crippen LogP contribution < -0.4 is 21.7 Å². The van der Waals surface area contributed by atoms with E-state index in [0.717, 1.165) is 98.7 Å². The number of aromatic nitrogens is 12. The van der Waals surface area contributed by atoms with Gasteiger partial charge in [-0.1, -0.05) is 208 Å². The lowest BCUT2D eigenvalue weighted by Gasteiger charge is -2.21. The molecule has 26 heteroatoms. The van der Waals surface area contributed by atoms with Crippen molar-refractivity contribution in [2.75, 3.05) is 0 Å². The molecular formula is C74H55B4N12O9S. The van der Waals surface area contributed by atoms with Crippen molar-refractivity contribution in [1.82, 2.24) is 59.4 Å². The van der Waals surface area contributed by atoms with Crippen LogP contribution in [0.25, 0.3) is 127 Å². The summed E-state index contributed by atoms with van der Waals surface area (Å²) in [5, 5.41) is 68.3. The molecule has 0 fully saturated rings. The molecule has 1 aliphatic rings. The van der Waals surface area contributed by atoms with Crippen molar-refractivity contribution in [1.29, 1.82) is 0 Å². The summed E-state index contributed by atoms with van der Waals surface area (Å²) in [4.78, 5) is 48.2. The number of oxazole rings is 1. The second kappa shape index (κ2) is 28.7. The summed E-state index contributed by atoms with van der Waals surface area (Å²) >= 11 is 1.64. The summed E-state index contributed by atoms with van der Waals surface area (Å²) in [5.41, 5.74) is 16.5. The van der Waals surface area contributed by atoms with Crippen LogP contribution in [0.4, 0.5) is 0 Å². The lowest BCUT2D eigenvalue weighted by molar-refractivity contribution is 0.421. The first-order valence-electron chi connectivity index (χ1n) is 31.4. The van der Waals surface area contributed by atoms with Gasteiger partial charge in [0.15, 0.2) is 35.1 Å². The van der Waals surface area contributed by atoms with Crippen molar-refractivity contribution in [3.05, 3.63) is 267 Å². The Morgan fingerprint density at radius 3 is 1.74 bits per heavy atom. The fourth-order valence-corrected chi connectivity index (χ4v) is 12.7. The zero-order valence-corrected chi connectivity index (χ0v) is 54.1. The SMILES string of the molecule is CC1(C)c2ccccc2-c2nc(-c3ccccc3)c(B(O)O)nc21.OB(O)c1nc(-c2ccccc2)nc(-c2ccc(-c3nc4ccccc4s3)cc2)n1.OB(O)c1ncc2c(n1)c1ccccc1n2-c1ccccc1.O[B]Oc1nc(-c2ccccc2)cc(-c2ccc3ncoc3c2)n1. The Morgan fingerprint density at radius 2 is 1.06 bits per heavy atom. The van der Waals surface area contributed by atoms with Crippen LogP contribution in [0, 0.1) is 0 Å². The molecule has 7 aromatic heterocycles. The second-order valence-corrected chi connectivity index (χ2v) is 24.3. The Morgan fingerprint density at radius 1 is 0.470 bits per heavy atom. The molecule has 0 saturated heterocycles. The monoisotopic (exact) mass is 1330 g/mol. The highest BCUT2D eigenvalue weighted by Crippen LogP contribution is 2.47. The number of fused-ring (bicyclic) bond motifs is 8. The number of hydrogen-bond donors (Lipinski definition) is 7. The van der Waals surface area contributed by atoms with Gasteiger partial charge in [-0.3, -0.25) is 4.98 Å². The van der Waals surface area contributed by atoms with Crippen LogP contribution in [0.2, 0.25) is 0 Å². The third-order valence-corrected chi connectivity index (χ3v) is 17.6. The Labute approximate surface area is 577 Å². The number of para-hydroxylation sites is 3. The molecule has 21 nitrogen and oxygen atoms in total. The lowest BCUT2D eigenvalue weighted by atomic mass is 9.80. The first-order valence-corrected chi connectivity index (χ1v) is 32.2. The van der Waals surface area contributed by atoms with Crippen LogP contribution in [-0.4, -0.2) is 124 Å². The van der Waals surface area contributed by atoms with Crippen LogP contribution in [0.1, 0.15) is 25.1 Å². The van der Waals surface area contributed by atoms with Crippen LogP contribution >= 0.6 is 11.3 Å². The molecule has 0 spiro atoms. The van der Waals surface area contributed by atoms with Crippen LogP contribution in [-0.2, 0) is 5.41 Å². The maximum absolute atomic E-state index is 9.84. The predicted octanol–water partition coefficient (Wildman–Crippen LogP) is 9.40. The first kappa shape index (κ1) is 65.5. The van der Waals surface area contributed by atoms with Gasteiger partial charge in [-0.05, 0) is 54.1 Å². The van der Waals surface area contributed by atoms with Crippen molar-refractivity contribution in [2.45, 2.75) is 19.3 Å². The van der Waals surface area contributed by atoms with Gasteiger partial charge in [0.25, 0.3) is 0 Å². The standard InChI is InChI=1S/C22H15BN4O2S.C19H17BN2O2.C17H11BN3O3.C16H12BN3O2/c28-23(29)22-26-19(14-6-2-1-3-7-14)25-20(27-22)15-10-12-16(13-11-15)21-24-17-8-4-5-9-18(17)30-21;1-19(2)14-11-7-6-10-13(14)16-17(19)22-18(20(23)24)15(21-16)12-8-4-3-5-9-12;22-18-24-17-20-14(11-4-2-1-3-5-11)9-15(21-17)12-6-7-13-16(8-12)23-10-19-13;21-17(22)16-18-10-14-15(19-16)12-8-4-5-9-13(12)20(14)11-6-2-1-3-7-11/h1-13,28-29H;3-11,23-24H,1-2H3;1-10,22H;1-10,21-22H. The Hall–Kier alpha value is -11.8. The summed E-state index contributed by atoms with van der Waals surface area (Å²) in [7, 11) is -4.56. The molecule has 9 aromatic carbocycles. The van der Waals surface area contributed by atoms with E-state index in [1.807, 2.05) is 231 Å². The van der Waals surface area contributed by atoms with Crippen LogP contribution in [0.15, 0.2) is 260 Å². The normalized spacial score (nSPS) is 11.7. The quantitative estimate of drug-likeness (QED) is 0.0560. The topological polar surface area (TPSA) is 311 Å². The van der Waals surface area contributed by atoms with Crippen molar-refractivity contribution in [3.63, 3.8) is 0 Å². The van der Waals surface area contributed by atoms with E-state index in [1.54, 1.807) is 17.5 Å². The van der Waals surface area contributed by atoms with Gasteiger partial charge >= 0.3 is 35.1 Å². The summed E-state index contributed by atoms with van der Waals surface area (Å²) in [6.07, 6.45) is 3.03. The number of rotatable bonds is 12. The van der Waals surface area contributed by atoms with E-state index >= 15 is 0 Å². The van der Waals surface area contributed by atoms with Crippen molar-refractivity contribution in [3.8, 4) is 90.1 Å². The third-order valence-electron chi connectivity index (χ3n) is 16.5. The smallest absolute Gasteiger partial charge is 0.509 e. The second-order valence-electron chi connectivity index (χ2n) is 23.3. The molecule has 0 atom stereocenters. The van der Waals surface area contributed by atoms with Gasteiger partial charge < -0.3 is 48.8 Å². The van der Waals surface area contributed by atoms with E-state index in [4.69, 9.17) is 19.1 Å². The van der Waals surface area contributed by atoms with Gasteiger partial charge in [0.05, 0.1) is 67.0 Å². The van der Waals surface area contributed by atoms with E-state index in [9.17, 15) is 30.1 Å². The Balaban J connectivity index is 0.000000114. The molecule has 1 aliphatic carbocycles. The molecule has 16 aromatic rings. The molecule has 7 N–H and O–H groups in total. The molecule has 100 heavy (non-hydrogen) atoms. The zero-order valence-electron chi connectivity index (χ0n) is 53.3. The molecule has 0 amide bonds. The zero-order chi connectivity index (χ0) is 68.9. The highest BCUT2D eigenvalue weighted by Gasteiger charge is 2.40. The van der Waals surface area contributed by atoms with E-state index in [2.05, 4.69) is 80.4 Å². The minimum atomic E-state index is -1.78. The number of hydrogen-bond acceptors (Lipinski definition) is 21. The molecule has 0 bridgehead atoms. The molecule has 17 rings (SSSR count). The maximum Gasteiger partial charge on any atom is 0.571 e. The van der Waals surface area contributed by atoms with Gasteiger partial charge in [-0.15, -0.1) is 11.3 Å². The van der Waals surface area contributed by atoms with Crippen LogP contribution in [0.3, 0.4) is 0 Å². The molecule has 0 aliphatic heterocycles. The third kappa shape index (κ3) is 13.6. The van der Waals surface area contributed by atoms with E-state index in [0.29, 0.717) is 47.5 Å². The van der Waals surface area contributed by atoms with Crippen molar-refractivity contribution >= 4 is 101 Å². The number of nitrogens with zero attached hydrogens (tertiary/aromatic N) is 12. The van der Waals surface area contributed by atoms with Crippen LogP contribution in [0.5, 0.6) is 6.01 Å². The highest BCUT2D eigenvalue weighted by atomic mass is 32.1. The summed E-state index contributed by atoms with van der Waals surface area (Å²) < 4.78 is 13.5. The minimum Gasteiger partial charge on any atom is -0.509 e. The Bertz CT molecular complexity index is 5540. The first-order chi connectivity index (χ1) is 48.8. The Kier molecular flexibility index (Phi) is 18.8. The van der Waals surface area contributed by atoms with Gasteiger partial charge in [-0.25, -0.2) is 39.9 Å². The van der Waals surface area contributed by atoms with E-state index in [-0.39, 0.29) is 28.5 Å². The molecule has 0 unspecified atom stereocenters. The number of thiazole rings is 1. The van der Waals surface area contributed by atoms with Crippen molar-refractivity contribution in [2.24, 2.45) is 0 Å². The molecular weight excluding hydrogens is 1280 g/mol.